The highest BCUT2D eigenvalue weighted by molar-refractivity contribution is 7.26. The summed E-state index contributed by atoms with van der Waals surface area (Å²) in [6.45, 7) is 0. The predicted octanol–water partition coefficient (Wildman–Crippen LogP) is 12.5. The van der Waals surface area contributed by atoms with E-state index in [1.54, 1.807) is 0 Å². The fourth-order valence-electron chi connectivity index (χ4n) is 9.57. The van der Waals surface area contributed by atoms with Crippen LogP contribution in [-0.4, -0.2) is 14.0 Å². The molecule has 0 saturated carbocycles. The lowest BCUT2D eigenvalue weighted by atomic mass is 10.00. The van der Waals surface area contributed by atoms with Crippen LogP contribution >= 0.6 is 11.3 Å². The SMILES string of the molecule is C[n+]1c(-n2c3ccccc3c3cc4c5ccccc5n5c6ccc7ccccc7c6c(c32)c45)nc2c(sc3ccccc32)c1-c1ccc2ccccc2c1. The maximum Gasteiger partial charge on any atom is 0.404 e. The van der Waals surface area contributed by atoms with Crippen LogP contribution in [-0.2, 0) is 7.05 Å². The van der Waals surface area contributed by atoms with E-state index in [-0.39, 0.29) is 0 Å². The van der Waals surface area contributed by atoms with Crippen molar-refractivity contribution in [3.63, 3.8) is 0 Å². The van der Waals surface area contributed by atoms with E-state index in [1.807, 2.05) is 11.3 Å². The topological polar surface area (TPSA) is 26.1 Å². The first kappa shape index (κ1) is 28.7. The highest BCUT2D eigenvalue weighted by Gasteiger charge is 2.32. The van der Waals surface area contributed by atoms with E-state index in [9.17, 15) is 0 Å². The molecule has 5 heteroatoms. The van der Waals surface area contributed by atoms with Crippen molar-refractivity contribution >= 4 is 113 Å². The summed E-state index contributed by atoms with van der Waals surface area (Å²) in [5.41, 5.74) is 9.45. The van der Waals surface area contributed by atoms with Gasteiger partial charge in [0.1, 0.15) is 21.4 Å². The molecule has 13 rings (SSSR count). The Balaban J connectivity index is 1.29. The van der Waals surface area contributed by atoms with Gasteiger partial charge in [0, 0.05) is 48.0 Å². The monoisotopic (exact) mass is 705 g/mol. The van der Waals surface area contributed by atoms with E-state index in [4.69, 9.17) is 4.98 Å². The highest BCUT2D eigenvalue weighted by atomic mass is 32.1. The van der Waals surface area contributed by atoms with E-state index in [1.165, 1.54) is 102 Å². The van der Waals surface area contributed by atoms with Crippen molar-refractivity contribution in [3.8, 4) is 17.2 Å². The van der Waals surface area contributed by atoms with Gasteiger partial charge in [0.05, 0.1) is 23.6 Å². The molecule has 0 N–H and O–H groups in total. The standard InChI is InChI=1S/C49H29N4S/c1-51-45(31-23-22-28-12-2-3-14-30(28)26-31)48-44(35-18-8-11-21-41(35)54-48)50-49(51)53-39-20-10-7-17-34(39)37-27-36-33-16-6-9-19-38(33)52-40-25-24-29-13-4-5-15-32(29)42(40)43(46(36)52)47(37)53/h2-27H,1H3/q+1. The molecule has 0 unspecified atom stereocenters. The first-order valence-corrected chi connectivity index (χ1v) is 19.3. The van der Waals surface area contributed by atoms with Gasteiger partial charge < -0.3 is 4.40 Å². The summed E-state index contributed by atoms with van der Waals surface area (Å²) in [4.78, 5) is 5.72. The zero-order valence-corrected chi connectivity index (χ0v) is 30.0. The van der Waals surface area contributed by atoms with Crippen LogP contribution < -0.4 is 4.57 Å². The minimum atomic E-state index is 0.896. The summed E-state index contributed by atoms with van der Waals surface area (Å²) in [7, 11) is 2.20. The summed E-state index contributed by atoms with van der Waals surface area (Å²) in [5, 5.41) is 13.7. The lowest BCUT2D eigenvalue weighted by Crippen LogP contribution is -2.38. The Morgan fingerprint density at radius 2 is 1.15 bits per heavy atom. The van der Waals surface area contributed by atoms with E-state index in [2.05, 4.69) is 178 Å². The number of thiophene rings is 1. The molecule has 0 amide bonds. The normalized spacial score (nSPS) is 12.5. The summed E-state index contributed by atoms with van der Waals surface area (Å²) >= 11 is 1.83. The molecule has 54 heavy (non-hydrogen) atoms. The molecular formula is C49H29N4S+. The molecule has 0 saturated heterocycles. The zero-order chi connectivity index (χ0) is 35.2. The number of para-hydroxylation sites is 2. The van der Waals surface area contributed by atoms with Crippen LogP contribution in [0.3, 0.4) is 0 Å². The van der Waals surface area contributed by atoms with Gasteiger partial charge in [-0.2, -0.15) is 4.57 Å². The van der Waals surface area contributed by atoms with Crippen molar-refractivity contribution in [1.82, 2.24) is 14.0 Å². The maximum atomic E-state index is 5.72. The van der Waals surface area contributed by atoms with Gasteiger partial charge in [0.15, 0.2) is 5.52 Å². The molecule has 0 spiro atoms. The third kappa shape index (κ3) is 3.52. The van der Waals surface area contributed by atoms with Crippen molar-refractivity contribution in [2.75, 3.05) is 0 Å². The van der Waals surface area contributed by atoms with E-state index >= 15 is 0 Å². The van der Waals surface area contributed by atoms with Crippen LogP contribution in [0.4, 0.5) is 0 Å². The van der Waals surface area contributed by atoms with Crippen molar-refractivity contribution in [2.45, 2.75) is 0 Å². The largest absolute Gasteiger partial charge is 0.404 e. The third-order valence-electron chi connectivity index (χ3n) is 11.8. The van der Waals surface area contributed by atoms with Crippen LogP contribution in [0.15, 0.2) is 158 Å². The molecule has 5 heterocycles. The second-order valence-electron chi connectivity index (χ2n) is 14.6. The molecule has 8 aromatic carbocycles. The van der Waals surface area contributed by atoms with Crippen molar-refractivity contribution < 1.29 is 4.57 Å². The number of hydrogen-bond donors (Lipinski definition) is 0. The fraction of sp³-hybridized carbons (Fsp3) is 0.0204. The Labute approximate surface area is 312 Å². The Bertz CT molecular complexity index is 3750. The average Bonchev–Trinajstić information content (AvgIpc) is 3.96. The molecule has 13 aromatic rings. The van der Waals surface area contributed by atoms with Crippen LogP contribution in [0.5, 0.6) is 0 Å². The molecule has 5 aromatic heterocycles. The summed E-state index contributed by atoms with van der Waals surface area (Å²) in [6, 6.07) is 57.9. The van der Waals surface area contributed by atoms with Crippen LogP contribution in [0.2, 0.25) is 0 Å². The van der Waals surface area contributed by atoms with E-state index in [0.29, 0.717) is 0 Å². The van der Waals surface area contributed by atoms with Gasteiger partial charge in [-0.1, -0.05) is 120 Å². The Kier molecular flexibility index (Phi) is 5.42. The quantitative estimate of drug-likeness (QED) is 0.164. The van der Waals surface area contributed by atoms with Crippen molar-refractivity contribution in [1.29, 1.82) is 0 Å². The van der Waals surface area contributed by atoms with Crippen molar-refractivity contribution in [3.05, 3.63) is 158 Å². The fourth-order valence-corrected chi connectivity index (χ4v) is 10.8. The number of fused-ring (bicyclic) bond motifs is 16. The Hall–Kier alpha value is -6.82. The zero-order valence-electron chi connectivity index (χ0n) is 29.2. The number of hydrogen-bond acceptors (Lipinski definition) is 2. The molecule has 0 atom stereocenters. The minimum absolute atomic E-state index is 0.896. The van der Waals surface area contributed by atoms with Gasteiger partial charge in [-0.3, -0.25) is 0 Å². The number of rotatable bonds is 2. The van der Waals surface area contributed by atoms with Crippen LogP contribution in [0, 0.1) is 0 Å². The lowest BCUT2D eigenvalue weighted by Gasteiger charge is -2.11. The lowest BCUT2D eigenvalue weighted by molar-refractivity contribution is -0.655. The van der Waals surface area contributed by atoms with Gasteiger partial charge in [-0.15, -0.1) is 11.3 Å². The summed E-state index contributed by atoms with van der Waals surface area (Å²) in [5.74, 6) is 0.896. The van der Waals surface area contributed by atoms with Crippen LogP contribution in [0.1, 0.15) is 0 Å². The summed E-state index contributed by atoms with van der Waals surface area (Å²) in [6.07, 6.45) is 0. The molecule has 0 fully saturated rings. The summed E-state index contributed by atoms with van der Waals surface area (Å²) < 4.78 is 9.76. The first-order valence-electron chi connectivity index (χ1n) is 18.5. The molecule has 0 bridgehead atoms. The van der Waals surface area contributed by atoms with Gasteiger partial charge in [-0.05, 0) is 64.0 Å². The van der Waals surface area contributed by atoms with E-state index < -0.39 is 0 Å². The average molecular weight is 706 g/mol. The highest BCUT2D eigenvalue weighted by Crippen LogP contribution is 2.48. The van der Waals surface area contributed by atoms with Gasteiger partial charge in [-0.25, -0.2) is 4.57 Å². The number of nitrogens with zero attached hydrogens (tertiary/aromatic N) is 4. The van der Waals surface area contributed by atoms with Gasteiger partial charge in [0.2, 0.25) is 0 Å². The molecule has 250 valence electrons. The van der Waals surface area contributed by atoms with E-state index in [0.717, 1.165) is 17.0 Å². The van der Waals surface area contributed by atoms with Crippen LogP contribution in [0.25, 0.3) is 119 Å². The van der Waals surface area contributed by atoms with Gasteiger partial charge in [0.25, 0.3) is 0 Å². The molecule has 0 aliphatic carbocycles. The predicted molar refractivity (Wildman–Crippen MR) is 228 cm³/mol. The van der Waals surface area contributed by atoms with Crippen molar-refractivity contribution in [2.24, 2.45) is 7.05 Å². The third-order valence-corrected chi connectivity index (χ3v) is 13.0. The smallest absolute Gasteiger partial charge is 0.308 e. The molecule has 0 radical (unpaired) electrons. The molecule has 0 aliphatic rings. The molecule has 4 nitrogen and oxygen atoms in total. The second kappa shape index (κ2) is 10.2. The Morgan fingerprint density at radius 1 is 0.500 bits per heavy atom. The number of benzene rings is 8. The Morgan fingerprint density at radius 3 is 2.00 bits per heavy atom. The maximum absolute atomic E-state index is 5.72. The van der Waals surface area contributed by atoms with Gasteiger partial charge >= 0.3 is 5.95 Å². The molecular weight excluding hydrogens is 677 g/mol. The second-order valence-corrected chi connectivity index (χ2v) is 15.6. The minimum Gasteiger partial charge on any atom is -0.308 e. The number of aromatic nitrogens is 4. The molecule has 0 aliphatic heterocycles. The first-order chi connectivity index (χ1) is 26.7.